The van der Waals surface area contributed by atoms with Crippen molar-refractivity contribution in [3.05, 3.63) is 57.8 Å². The van der Waals surface area contributed by atoms with Crippen LogP contribution in [0.25, 0.3) is 0 Å². The average Bonchev–Trinajstić information content (AvgIpc) is 3.08. The summed E-state index contributed by atoms with van der Waals surface area (Å²) in [6, 6.07) is 8.97. The first-order valence-electron chi connectivity index (χ1n) is 8.18. The van der Waals surface area contributed by atoms with Gasteiger partial charge in [0, 0.05) is 18.5 Å². The third-order valence-electron chi connectivity index (χ3n) is 4.24. The summed E-state index contributed by atoms with van der Waals surface area (Å²) in [5.41, 5.74) is 0.839. The van der Waals surface area contributed by atoms with Crippen molar-refractivity contribution in [3.8, 4) is 5.75 Å². The fourth-order valence-corrected chi connectivity index (χ4v) is 2.97. The van der Waals surface area contributed by atoms with Gasteiger partial charge < -0.3 is 15.0 Å². The highest BCUT2D eigenvalue weighted by molar-refractivity contribution is 5.92. The molecule has 0 aliphatic heterocycles. The van der Waals surface area contributed by atoms with Crippen LogP contribution in [0.15, 0.2) is 35.1 Å². The van der Waals surface area contributed by atoms with Gasteiger partial charge in [0.1, 0.15) is 17.3 Å². The molecule has 1 fully saturated rings. The number of hydrogen-bond donors (Lipinski definition) is 2. The number of methoxy groups -OCH3 is 1. The lowest BCUT2D eigenvalue weighted by Crippen LogP contribution is -2.34. The number of ether oxygens (including phenoxy) is 1. The second-order valence-corrected chi connectivity index (χ2v) is 6.06. The number of nitrogens with zero attached hydrogens (tertiary/aromatic N) is 1. The Kier molecular flexibility index (Phi) is 4.93. The van der Waals surface area contributed by atoms with Crippen molar-refractivity contribution in [1.82, 2.24) is 15.3 Å². The van der Waals surface area contributed by atoms with Crippen LogP contribution in [-0.4, -0.2) is 29.0 Å². The molecule has 1 aromatic carbocycles. The van der Waals surface area contributed by atoms with E-state index in [-0.39, 0.29) is 23.2 Å². The summed E-state index contributed by atoms with van der Waals surface area (Å²) < 4.78 is 5.13. The maximum absolute atomic E-state index is 12.3. The average molecular weight is 327 g/mol. The third kappa shape index (κ3) is 4.01. The Morgan fingerprint density at radius 3 is 2.67 bits per heavy atom. The van der Waals surface area contributed by atoms with Crippen molar-refractivity contribution in [3.63, 3.8) is 0 Å². The van der Waals surface area contributed by atoms with Gasteiger partial charge in [-0.3, -0.25) is 9.59 Å². The zero-order chi connectivity index (χ0) is 16.9. The van der Waals surface area contributed by atoms with Crippen molar-refractivity contribution in [2.45, 2.75) is 38.1 Å². The first kappa shape index (κ1) is 16.2. The molecule has 1 aliphatic rings. The fourth-order valence-electron chi connectivity index (χ4n) is 2.97. The maximum Gasteiger partial charge on any atom is 0.270 e. The van der Waals surface area contributed by atoms with Crippen molar-refractivity contribution in [1.29, 1.82) is 0 Å². The van der Waals surface area contributed by atoms with E-state index in [0.717, 1.165) is 37.0 Å². The Labute approximate surface area is 140 Å². The predicted molar refractivity (Wildman–Crippen MR) is 90.4 cm³/mol. The Balaban J connectivity index is 1.74. The van der Waals surface area contributed by atoms with Crippen molar-refractivity contribution in [2.24, 2.45) is 0 Å². The van der Waals surface area contributed by atoms with E-state index in [4.69, 9.17) is 4.74 Å². The molecule has 0 saturated heterocycles. The van der Waals surface area contributed by atoms with Gasteiger partial charge in [0.25, 0.3) is 11.5 Å². The van der Waals surface area contributed by atoms with Gasteiger partial charge >= 0.3 is 0 Å². The van der Waals surface area contributed by atoms with Crippen LogP contribution in [0, 0.1) is 0 Å². The zero-order valence-electron chi connectivity index (χ0n) is 13.7. The molecule has 0 unspecified atom stereocenters. The van der Waals surface area contributed by atoms with Gasteiger partial charge in [-0.1, -0.05) is 25.0 Å². The lowest BCUT2D eigenvalue weighted by molar-refractivity contribution is 0.0932. The molecule has 1 heterocycles. The van der Waals surface area contributed by atoms with E-state index in [1.807, 2.05) is 24.3 Å². The highest BCUT2D eigenvalue weighted by Crippen LogP contribution is 2.18. The minimum Gasteiger partial charge on any atom is -0.497 e. The SMILES string of the molecule is COc1ccc(Cc2nc(C(=O)NC3CCCC3)cc(=O)[nH]2)cc1. The minimum atomic E-state index is -0.315. The van der Waals surface area contributed by atoms with Gasteiger partial charge in [-0.25, -0.2) is 4.98 Å². The van der Waals surface area contributed by atoms with E-state index >= 15 is 0 Å². The number of amides is 1. The molecule has 1 amide bonds. The van der Waals surface area contributed by atoms with E-state index < -0.39 is 0 Å². The lowest BCUT2D eigenvalue weighted by Gasteiger charge is -2.11. The van der Waals surface area contributed by atoms with Crippen LogP contribution in [0.3, 0.4) is 0 Å². The van der Waals surface area contributed by atoms with E-state index in [1.54, 1.807) is 7.11 Å². The van der Waals surface area contributed by atoms with Crippen LogP contribution in [0.4, 0.5) is 0 Å². The number of H-pyrrole nitrogens is 1. The van der Waals surface area contributed by atoms with Crippen LogP contribution in [0.5, 0.6) is 5.75 Å². The lowest BCUT2D eigenvalue weighted by atomic mass is 10.1. The molecular formula is C18H21N3O3. The summed E-state index contributed by atoms with van der Waals surface area (Å²) in [6.45, 7) is 0. The van der Waals surface area contributed by atoms with Crippen molar-refractivity contribution < 1.29 is 9.53 Å². The Hall–Kier alpha value is -2.63. The van der Waals surface area contributed by atoms with Crippen LogP contribution in [0.2, 0.25) is 0 Å². The zero-order valence-corrected chi connectivity index (χ0v) is 13.7. The van der Waals surface area contributed by atoms with Crippen LogP contribution >= 0.6 is 0 Å². The molecule has 6 nitrogen and oxygen atoms in total. The molecule has 3 rings (SSSR count). The number of aromatic amines is 1. The topological polar surface area (TPSA) is 84.1 Å². The number of rotatable bonds is 5. The van der Waals surface area contributed by atoms with Gasteiger partial charge in [0.05, 0.1) is 7.11 Å². The monoisotopic (exact) mass is 327 g/mol. The highest BCUT2D eigenvalue weighted by atomic mass is 16.5. The van der Waals surface area contributed by atoms with Gasteiger partial charge in [0.2, 0.25) is 0 Å². The van der Waals surface area contributed by atoms with E-state index in [0.29, 0.717) is 12.2 Å². The molecule has 2 aromatic rings. The molecular weight excluding hydrogens is 306 g/mol. The van der Waals surface area contributed by atoms with E-state index in [2.05, 4.69) is 15.3 Å². The predicted octanol–water partition coefficient (Wildman–Crippen LogP) is 2.04. The van der Waals surface area contributed by atoms with Crippen LogP contribution in [-0.2, 0) is 6.42 Å². The first-order chi connectivity index (χ1) is 11.6. The molecule has 0 atom stereocenters. The summed E-state index contributed by atoms with van der Waals surface area (Å²) in [5, 5.41) is 2.96. The summed E-state index contributed by atoms with van der Waals surface area (Å²) in [6.07, 6.45) is 4.71. The number of benzene rings is 1. The van der Waals surface area contributed by atoms with Crippen molar-refractivity contribution >= 4 is 5.91 Å². The molecule has 1 aliphatic carbocycles. The Morgan fingerprint density at radius 1 is 1.29 bits per heavy atom. The molecule has 1 aromatic heterocycles. The molecule has 0 radical (unpaired) electrons. The molecule has 1 saturated carbocycles. The summed E-state index contributed by atoms with van der Waals surface area (Å²) in [7, 11) is 1.61. The normalized spacial score (nSPS) is 14.5. The number of aromatic nitrogens is 2. The quantitative estimate of drug-likeness (QED) is 0.880. The molecule has 24 heavy (non-hydrogen) atoms. The molecule has 2 N–H and O–H groups in total. The molecule has 126 valence electrons. The van der Waals surface area contributed by atoms with Gasteiger partial charge in [0.15, 0.2) is 0 Å². The maximum atomic E-state index is 12.3. The van der Waals surface area contributed by atoms with E-state index in [1.165, 1.54) is 6.07 Å². The molecule has 0 spiro atoms. The number of nitrogens with one attached hydrogen (secondary N) is 2. The minimum absolute atomic E-state index is 0.175. The first-order valence-corrected chi connectivity index (χ1v) is 8.18. The van der Waals surface area contributed by atoms with Crippen LogP contribution in [0.1, 0.15) is 47.6 Å². The Bertz CT molecular complexity index is 762. The summed E-state index contributed by atoms with van der Waals surface area (Å²) >= 11 is 0. The molecule has 0 bridgehead atoms. The third-order valence-corrected chi connectivity index (χ3v) is 4.24. The van der Waals surface area contributed by atoms with Crippen molar-refractivity contribution in [2.75, 3.05) is 7.11 Å². The van der Waals surface area contributed by atoms with E-state index in [9.17, 15) is 9.59 Å². The smallest absolute Gasteiger partial charge is 0.270 e. The van der Waals surface area contributed by atoms with Gasteiger partial charge in [-0.15, -0.1) is 0 Å². The second-order valence-electron chi connectivity index (χ2n) is 6.06. The summed E-state index contributed by atoms with van der Waals surface area (Å²) in [4.78, 5) is 31.2. The fraction of sp³-hybridized carbons (Fsp3) is 0.389. The second kappa shape index (κ2) is 7.29. The summed E-state index contributed by atoms with van der Waals surface area (Å²) in [5.74, 6) is 0.970. The number of carbonyl (C=O) groups excluding carboxylic acids is 1. The Morgan fingerprint density at radius 2 is 2.00 bits per heavy atom. The number of hydrogen-bond acceptors (Lipinski definition) is 4. The molecule has 6 heteroatoms. The van der Waals surface area contributed by atoms with Gasteiger partial charge in [-0.2, -0.15) is 0 Å². The van der Waals surface area contributed by atoms with Gasteiger partial charge in [-0.05, 0) is 30.5 Å². The largest absolute Gasteiger partial charge is 0.497 e. The number of carbonyl (C=O) groups is 1. The highest BCUT2D eigenvalue weighted by Gasteiger charge is 2.19. The standard InChI is InChI=1S/C18H21N3O3/c1-24-14-8-6-12(7-9-14)10-16-20-15(11-17(22)21-16)18(23)19-13-4-2-3-5-13/h6-9,11,13H,2-5,10H2,1H3,(H,19,23)(H,20,21,22). The van der Waals surface area contributed by atoms with Crippen LogP contribution < -0.4 is 15.6 Å².